The Bertz CT molecular complexity index is 297. The minimum absolute atomic E-state index is 0. The van der Waals surface area contributed by atoms with Gasteiger partial charge in [0.15, 0.2) is 0 Å². The van der Waals surface area contributed by atoms with E-state index in [-0.39, 0.29) is 37.5 Å². The van der Waals surface area contributed by atoms with Crippen LogP contribution in [-0.4, -0.2) is 47.5 Å². The Balaban J connectivity index is 0.00000121. The Morgan fingerprint density at radius 2 is 1.83 bits per heavy atom. The van der Waals surface area contributed by atoms with Crippen LogP contribution in [0, 0.1) is 0 Å². The second kappa shape index (κ2) is 4.26. The molecular formula is C7H9BiO4. The molecule has 0 aliphatic rings. The van der Waals surface area contributed by atoms with Crippen LogP contribution in [0.15, 0.2) is 18.2 Å². The Morgan fingerprint density at radius 3 is 2.25 bits per heavy atom. The zero-order valence-corrected chi connectivity index (χ0v) is 11.7. The van der Waals surface area contributed by atoms with E-state index in [0.717, 1.165) is 12.1 Å². The van der Waals surface area contributed by atoms with Gasteiger partial charge in [0.2, 0.25) is 0 Å². The van der Waals surface area contributed by atoms with Gasteiger partial charge in [-0.3, -0.25) is 0 Å². The molecule has 4 nitrogen and oxygen atoms in total. The van der Waals surface area contributed by atoms with E-state index in [1.165, 1.54) is 6.07 Å². The van der Waals surface area contributed by atoms with Gasteiger partial charge < -0.3 is 15.3 Å². The molecule has 12 heavy (non-hydrogen) atoms. The van der Waals surface area contributed by atoms with Crippen LogP contribution in [-0.2, 0) is 0 Å². The summed E-state index contributed by atoms with van der Waals surface area (Å²) >= 11 is 0. The van der Waals surface area contributed by atoms with Crippen LogP contribution < -0.4 is 0 Å². The number of phenols is 2. The van der Waals surface area contributed by atoms with Crippen molar-refractivity contribution in [3.05, 3.63) is 23.8 Å². The molecule has 0 saturated heterocycles. The molecule has 0 amide bonds. The van der Waals surface area contributed by atoms with Gasteiger partial charge in [-0.05, 0) is 12.1 Å². The molecule has 3 N–H and O–H groups in total. The van der Waals surface area contributed by atoms with Gasteiger partial charge in [-0.1, -0.05) is 0 Å². The number of aromatic hydroxyl groups is 2. The fourth-order valence-electron chi connectivity index (χ4n) is 0.701. The van der Waals surface area contributed by atoms with Crippen molar-refractivity contribution in [2.75, 3.05) is 0 Å². The van der Waals surface area contributed by atoms with E-state index in [4.69, 9.17) is 15.3 Å². The van der Waals surface area contributed by atoms with E-state index in [0.29, 0.717) is 0 Å². The van der Waals surface area contributed by atoms with Crippen molar-refractivity contribution in [2.24, 2.45) is 0 Å². The van der Waals surface area contributed by atoms with Crippen LogP contribution in [0.4, 0.5) is 0 Å². The first-order valence-electron chi connectivity index (χ1n) is 2.86. The van der Waals surface area contributed by atoms with Crippen LogP contribution in [0.2, 0.25) is 0 Å². The molecule has 0 radical (unpaired) electrons. The number of hydrogen-bond donors (Lipinski definition) is 3. The summed E-state index contributed by atoms with van der Waals surface area (Å²) in [5.41, 5.74) is -0.220. The maximum absolute atomic E-state index is 10.3. The van der Waals surface area contributed by atoms with Crippen LogP contribution in [0.1, 0.15) is 10.4 Å². The first kappa shape index (κ1) is 11.2. The zero-order chi connectivity index (χ0) is 8.43. The molecule has 1 rings (SSSR count). The summed E-state index contributed by atoms with van der Waals surface area (Å²) in [6.45, 7) is 0. The van der Waals surface area contributed by atoms with Crippen molar-refractivity contribution in [1.29, 1.82) is 0 Å². The number of rotatable bonds is 1. The third kappa shape index (κ3) is 2.34. The third-order valence-electron chi connectivity index (χ3n) is 1.21. The molecule has 1 aromatic carbocycles. The molecule has 0 saturated carbocycles. The summed E-state index contributed by atoms with van der Waals surface area (Å²) in [5.74, 6) is -1.81. The number of hydrogen-bond acceptors (Lipinski definition) is 3. The van der Waals surface area contributed by atoms with E-state index < -0.39 is 11.7 Å². The molecule has 66 valence electrons. The molecule has 0 aliphatic heterocycles. The monoisotopic (exact) mass is 366 g/mol. The van der Waals surface area contributed by atoms with Crippen molar-refractivity contribution < 1.29 is 20.1 Å². The SMILES string of the molecule is O=C(O)c1ccc(O)cc1O.[BiH3]. The summed E-state index contributed by atoms with van der Waals surface area (Å²) in [7, 11) is 0. The summed E-state index contributed by atoms with van der Waals surface area (Å²) < 4.78 is 0. The van der Waals surface area contributed by atoms with Gasteiger partial charge >= 0.3 is 32.2 Å². The molecule has 5 heteroatoms. The molecule has 0 unspecified atom stereocenters. The normalized spacial score (nSPS) is 8.67. The molecular weight excluding hydrogens is 357 g/mol. The molecule has 0 atom stereocenters. The van der Waals surface area contributed by atoms with Gasteiger partial charge in [0.05, 0.1) is 0 Å². The van der Waals surface area contributed by atoms with Gasteiger partial charge in [-0.15, -0.1) is 0 Å². The van der Waals surface area contributed by atoms with Crippen LogP contribution in [0.5, 0.6) is 11.5 Å². The van der Waals surface area contributed by atoms with Crippen molar-refractivity contribution in [1.82, 2.24) is 0 Å². The number of aromatic carboxylic acids is 1. The van der Waals surface area contributed by atoms with Crippen molar-refractivity contribution in [2.45, 2.75) is 0 Å². The summed E-state index contributed by atoms with van der Waals surface area (Å²) in [6, 6.07) is 3.31. The van der Waals surface area contributed by atoms with Gasteiger partial charge in [0, 0.05) is 6.07 Å². The van der Waals surface area contributed by atoms with Crippen LogP contribution in [0.3, 0.4) is 0 Å². The average molecular weight is 366 g/mol. The quantitative estimate of drug-likeness (QED) is 0.592. The molecule has 0 heterocycles. The molecule has 0 aromatic heterocycles. The Labute approximate surface area is 87.6 Å². The first-order valence-corrected chi connectivity index (χ1v) is 2.86. The van der Waals surface area contributed by atoms with Gasteiger partial charge in [0.1, 0.15) is 17.1 Å². The van der Waals surface area contributed by atoms with E-state index in [9.17, 15) is 4.79 Å². The van der Waals surface area contributed by atoms with Gasteiger partial charge in [-0.2, -0.15) is 0 Å². The zero-order valence-electron chi connectivity index (χ0n) is 6.19. The van der Waals surface area contributed by atoms with E-state index in [1.807, 2.05) is 0 Å². The predicted octanol–water partition coefficient (Wildman–Crippen LogP) is -0.388. The summed E-state index contributed by atoms with van der Waals surface area (Å²) in [6.07, 6.45) is 0. The number of benzene rings is 1. The second-order valence-electron chi connectivity index (χ2n) is 2.01. The molecule has 0 aliphatic carbocycles. The molecule has 0 fully saturated rings. The van der Waals surface area contributed by atoms with E-state index in [1.54, 1.807) is 0 Å². The van der Waals surface area contributed by atoms with E-state index in [2.05, 4.69) is 0 Å². The van der Waals surface area contributed by atoms with Crippen molar-refractivity contribution in [3.8, 4) is 11.5 Å². The summed E-state index contributed by atoms with van der Waals surface area (Å²) in [4.78, 5) is 10.3. The fraction of sp³-hybridized carbons (Fsp3) is 0. The Hall–Kier alpha value is -0.827. The molecule has 0 spiro atoms. The minimum atomic E-state index is -1.22. The van der Waals surface area contributed by atoms with Crippen LogP contribution >= 0.6 is 0 Å². The number of carboxylic acids is 1. The first-order chi connectivity index (χ1) is 5.11. The van der Waals surface area contributed by atoms with Gasteiger partial charge in [0.25, 0.3) is 0 Å². The topological polar surface area (TPSA) is 77.8 Å². The standard InChI is InChI=1S/C7H6O4.Bi.3H/c8-4-1-2-5(7(10)11)6(9)3-4;;;;/h1-3,8-9H,(H,10,11);;;;. The number of phenolic OH excluding ortho intramolecular Hbond substituents is 1. The average Bonchev–Trinajstić information content (AvgIpc) is 1.85. The van der Waals surface area contributed by atoms with Crippen molar-refractivity contribution in [3.63, 3.8) is 0 Å². The predicted molar refractivity (Wildman–Crippen MR) is 46.7 cm³/mol. The number of carbonyl (C=O) groups is 1. The third-order valence-corrected chi connectivity index (χ3v) is 1.21. The number of carboxylic acid groups (broad SMARTS) is 1. The molecule has 1 aromatic rings. The Kier molecular flexibility index (Phi) is 3.97. The van der Waals surface area contributed by atoms with Gasteiger partial charge in [-0.25, -0.2) is 4.79 Å². The maximum atomic E-state index is 10.3. The van der Waals surface area contributed by atoms with Crippen LogP contribution in [0.25, 0.3) is 0 Å². The summed E-state index contributed by atoms with van der Waals surface area (Å²) in [5, 5.41) is 26.1. The fourth-order valence-corrected chi connectivity index (χ4v) is 0.701. The van der Waals surface area contributed by atoms with E-state index >= 15 is 0 Å². The second-order valence-corrected chi connectivity index (χ2v) is 2.01. The molecule has 0 bridgehead atoms. The Morgan fingerprint density at radius 1 is 1.25 bits per heavy atom. The van der Waals surface area contributed by atoms with Crippen molar-refractivity contribution >= 4 is 32.2 Å².